The fourth-order valence-corrected chi connectivity index (χ4v) is 2.82. The van der Waals surface area contributed by atoms with E-state index in [1.54, 1.807) is 0 Å². The largest absolute Gasteiger partial charge is 0.384 e. The van der Waals surface area contributed by atoms with Crippen molar-refractivity contribution in [3.05, 3.63) is 39.8 Å². The normalized spacial score (nSPS) is 10.5. The topological polar surface area (TPSA) is 37.0 Å². The summed E-state index contributed by atoms with van der Waals surface area (Å²) in [5, 5.41) is 6.77. The molecule has 0 aliphatic rings. The number of aromatic nitrogens is 1. The highest BCUT2D eigenvalue weighted by Crippen LogP contribution is 2.22. The fourth-order valence-electron chi connectivity index (χ4n) is 1.83. The zero-order valence-electron chi connectivity index (χ0n) is 11.8. The van der Waals surface area contributed by atoms with Crippen molar-refractivity contribution in [1.29, 1.82) is 0 Å². The van der Waals surface area contributed by atoms with Crippen molar-refractivity contribution in [2.24, 2.45) is 0 Å². The summed E-state index contributed by atoms with van der Waals surface area (Å²) in [6.07, 6.45) is 4.84. The van der Waals surface area contributed by atoms with E-state index in [0.717, 1.165) is 30.9 Å². The second kappa shape index (κ2) is 6.57. The maximum Gasteiger partial charge on any atom is 0.0550 e. The lowest BCUT2D eigenvalue weighted by Crippen LogP contribution is -2.02. The minimum absolute atomic E-state index is 0.859. The Kier molecular flexibility index (Phi) is 4.80. The third kappa shape index (κ3) is 3.96. The SMILES string of the molecule is CCCNc1cncc(NCc2cc(C)c(C)s2)c1. The summed E-state index contributed by atoms with van der Waals surface area (Å²) in [6.45, 7) is 8.32. The molecule has 0 saturated carbocycles. The molecule has 0 fully saturated rings. The number of hydrogen-bond acceptors (Lipinski definition) is 4. The number of thiophene rings is 1. The molecule has 2 aromatic rings. The summed E-state index contributed by atoms with van der Waals surface area (Å²) >= 11 is 1.85. The first-order valence-electron chi connectivity index (χ1n) is 6.67. The Bertz CT molecular complexity index is 514. The van der Waals surface area contributed by atoms with Gasteiger partial charge in [0.2, 0.25) is 0 Å². The Morgan fingerprint density at radius 2 is 1.84 bits per heavy atom. The van der Waals surface area contributed by atoms with Crippen molar-refractivity contribution in [2.45, 2.75) is 33.7 Å². The first kappa shape index (κ1) is 13.9. The van der Waals surface area contributed by atoms with Crippen LogP contribution in [0.15, 0.2) is 24.5 Å². The highest BCUT2D eigenvalue weighted by molar-refractivity contribution is 7.12. The zero-order chi connectivity index (χ0) is 13.7. The lowest BCUT2D eigenvalue weighted by molar-refractivity contribution is 0.977. The van der Waals surface area contributed by atoms with E-state index in [9.17, 15) is 0 Å². The molecule has 0 saturated heterocycles. The molecule has 2 heterocycles. The summed E-state index contributed by atoms with van der Waals surface area (Å²) in [5.74, 6) is 0. The maximum atomic E-state index is 4.25. The van der Waals surface area contributed by atoms with Crippen LogP contribution in [0.3, 0.4) is 0 Å². The van der Waals surface area contributed by atoms with E-state index in [1.807, 2.05) is 23.7 Å². The van der Waals surface area contributed by atoms with Crippen LogP contribution in [-0.2, 0) is 6.54 Å². The molecule has 0 aliphatic heterocycles. The van der Waals surface area contributed by atoms with Gasteiger partial charge in [0, 0.05) is 22.8 Å². The second-order valence-electron chi connectivity index (χ2n) is 4.69. The molecule has 2 N–H and O–H groups in total. The molecule has 0 spiro atoms. The van der Waals surface area contributed by atoms with E-state index < -0.39 is 0 Å². The van der Waals surface area contributed by atoms with Gasteiger partial charge >= 0.3 is 0 Å². The van der Waals surface area contributed by atoms with Crippen molar-refractivity contribution in [1.82, 2.24) is 4.98 Å². The summed E-state index contributed by atoms with van der Waals surface area (Å²) in [6, 6.07) is 4.36. The summed E-state index contributed by atoms with van der Waals surface area (Å²) in [7, 11) is 0. The van der Waals surface area contributed by atoms with Crippen molar-refractivity contribution in [3.63, 3.8) is 0 Å². The fraction of sp³-hybridized carbons (Fsp3) is 0.400. The van der Waals surface area contributed by atoms with Gasteiger partial charge in [0.05, 0.1) is 23.8 Å². The smallest absolute Gasteiger partial charge is 0.0550 e. The van der Waals surface area contributed by atoms with Crippen LogP contribution in [0.5, 0.6) is 0 Å². The van der Waals surface area contributed by atoms with Gasteiger partial charge in [-0.2, -0.15) is 0 Å². The molecule has 2 rings (SSSR count). The molecule has 3 nitrogen and oxygen atoms in total. The number of aryl methyl sites for hydroxylation is 2. The van der Waals surface area contributed by atoms with Crippen LogP contribution in [0, 0.1) is 13.8 Å². The van der Waals surface area contributed by atoms with Crippen LogP contribution < -0.4 is 10.6 Å². The molecule has 0 unspecified atom stereocenters. The average molecular weight is 275 g/mol. The maximum absolute atomic E-state index is 4.25. The molecule has 0 aromatic carbocycles. The number of anilines is 2. The molecule has 0 aliphatic carbocycles. The predicted molar refractivity (Wildman–Crippen MR) is 84.1 cm³/mol. The van der Waals surface area contributed by atoms with Gasteiger partial charge in [-0.25, -0.2) is 0 Å². The van der Waals surface area contributed by atoms with Crippen LogP contribution in [0.1, 0.15) is 28.7 Å². The molecule has 102 valence electrons. The van der Waals surface area contributed by atoms with Crippen LogP contribution in [0.25, 0.3) is 0 Å². The Hall–Kier alpha value is -1.55. The molecule has 2 aromatic heterocycles. The van der Waals surface area contributed by atoms with Gasteiger partial charge in [-0.15, -0.1) is 11.3 Å². The Labute approximate surface area is 119 Å². The molecule has 0 radical (unpaired) electrons. The monoisotopic (exact) mass is 275 g/mol. The van der Waals surface area contributed by atoms with Gasteiger partial charge in [0.15, 0.2) is 0 Å². The summed E-state index contributed by atoms with van der Waals surface area (Å²) in [5.41, 5.74) is 3.51. The minimum atomic E-state index is 0.859. The summed E-state index contributed by atoms with van der Waals surface area (Å²) in [4.78, 5) is 7.01. The number of hydrogen-bond donors (Lipinski definition) is 2. The van der Waals surface area contributed by atoms with Crippen molar-refractivity contribution < 1.29 is 0 Å². The lowest BCUT2D eigenvalue weighted by Gasteiger charge is -2.08. The summed E-state index contributed by atoms with van der Waals surface area (Å²) < 4.78 is 0. The van der Waals surface area contributed by atoms with E-state index >= 15 is 0 Å². The van der Waals surface area contributed by atoms with Crippen LogP contribution >= 0.6 is 11.3 Å². The van der Waals surface area contributed by atoms with Gasteiger partial charge in [-0.05, 0) is 38.0 Å². The van der Waals surface area contributed by atoms with Crippen LogP contribution in [-0.4, -0.2) is 11.5 Å². The zero-order valence-corrected chi connectivity index (χ0v) is 12.6. The van der Waals surface area contributed by atoms with Crippen LogP contribution in [0.4, 0.5) is 11.4 Å². The third-order valence-electron chi connectivity index (χ3n) is 3.00. The number of nitrogens with one attached hydrogen (secondary N) is 2. The minimum Gasteiger partial charge on any atom is -0.384 e. The van der Waals surface area contributed by atoms with Crippen molar-refractivity contribution in [2.75, 3.05) is 17.2 Å². The molecule has 4 heteroatoms. The lowest BCUT2D eigenvalue weighted by atomic mass is 10.3. The molecular weight excluding hydrogens is 254 g/mol. The Morgan fingerprint density at radius 3 is 2.47 bits per heavy atom. The average Bonchev–Trinajstić information content (AvgIpc) is 2.74. The van der Waals surface area contributed by atoms with Gasteiger partial charge < -0.3 is 10.6 Å². The molecule has 19 heavy (non-hydrogen) atoms. The highest BCUT2D eigenvalue weighted by Gasteiger charge is 2.02. The number of rotatable bonds is 6. The van der Waals surface area contributed by atoms with E-state index in [0.29, 0.717) is 0 Å². The van der Waals surface area contributed by atoms with E-state index in [1.165, 1.54) is 15.3 Å². The van der Waals surface area contributed by atoms with E-state index in [-0.39, 0.29) is 0 Å². The first-order chi connectivity index (χ1) is 9.19. The van der Waals surface area contributed by atoms with Crippen LogP contribution in [0.2, 0.25) is 0 Å². The van der Waals surface area contributed by atoms with E-state index in [4.69, 9.17) is 0 Å². The quantitative estimate of drug-likeness (QED) is 0.830. The number of nitrogens with zero attached hydrogens (tertiary/aromatic N) is 1. The molecular formula is C15H21N3S. The van der Waals surface area contributed by atoms with E-state index in [2.05, 4.69) is 48.5 Å². The molecule has 0 amide bonds. The van der Waals surface area contributed by atoms with Gasteiger partial charge in [0.25, 0.3) is 0 Å². The van der Waals surface area contributed by atoms with Crippen molar-refractivity contribution >= 4 is 22.7 Å². The van der Waals surface area contributed by atoms with Crippen molar-refractivity contribution in [3.8, 4) is 0 Å². The Morgan fingerprint density at radius 1 is 1.11 bits per heavy atom. The Balaban J connectivity index is 1.95. The standard InChI is InChI=1S/C15H21N3S/c1-4-5-17-13-7-14(9-16-8-13)18-10-15-6-11(2)12(3)19-15/h6-9,17-18H,4-5,10H2,1-3H3. The molecule has 0 atom stereocenters. The first-order valence-corrected chi connectivity index (χ1v) is 7.49. The number of pyridine rings is 1. The van der Waals surface area contributed by atoms with Gasteiger partial charge in [-0.1, -0.05) is 6.92 Å². The second-order valence-corrected chi connectivity index (χ2v) is 6.04. The highest BCUT2D eigenvalue weighted by atomic mass is 32.1. The predicted octanol–water partition coefficient (Wildman–Crippen LogP) is 4.19. The molecule has 0 bridgehead atoms. The van der Waals surface area contributed by atoms with Gasteiger partial charge in [0.1, 0.15) is 0 Å². The third-order valence-corrected chi connectivity index (χ3v) is 4.15. The van der Waals surface area contributed by atoms with Gasteiger partial charge in [-0.3, -0.25) is 4.98 Å².